The Bertz CT molecular complexity index is 1640. The SMILES string of the molecule is COc1ccc(/C(O)=C2/C(=O)C(=O)N(c3nnc(SCc4ccccc4F)s3)C2c2ccc([N+](=O)[O-])cc2)cc1. The molecule has 1 N–H and O–H groups in total. The maximum Gasteiger partial charge on any atom is 0.301 e. The van der Waals surface area contributed by atoms with Crippen LogP contribution >= 0.6 is 23.1 Å². The number of carbonyl (C=O) groups is 2. The number of hydrogen-bond acceptors (Lipinski definition) is 10. The van der Waals surface area contributed by atoms with E-state index in [1.54, 1.807) is 30.3 Å². The van der Waals surface area contributed by atoms with Gasteiger partial charge in [0.15, 0.2) is 4.34 Å². The first-order valence-electron chi connectivity index (χ1n) is 11.7. The predicted octanol–water partition coefficient (Wildman–Crippen LogP) is 5.51. The maximum atomic E-state index is 14.0. The lowest BCUT2D eigenvalue weighted by Crippen LogP contribution is -2.29. The molecule has 2 heterocycles. The van der Waals surface area contributed by atoms with Crippen LogP contribution in [0.4, 0.5) is 15.2 Å². The Morgan fingerprint density at radius 3 is 2.45 bits per heavy atom. The van der Waals surface area contributed by atoms with E-state index in [2.05, 4.69) is 10.2 Å². The number of thioether (sulfide) groups is 1. The molecule has 1 aliphatic heterocycles. The number of nitrogens with zero attached hydrogens (tertiary/aromatic N) is 4. The quantitative estimate of drug-likeness (QED) is 0.0546. The zero-order chi connectivity index (χ0) is 28.4. The van der Waals surface area contributed by atoms with Gasteiger partial charge in [-0.3, -0.25) is 24.6 Å². The predicted molar refractivity (Wildman–Crippen MR) is 147 cm³/mol. The molecule has 0 saturated carbocycles. The number of anilines is 1. The number of methoxy groups -OCH3 is 1. The lowest BCUT2D eigenvalue weighted by Gasteiger charge is -2.22. The smallest absolute Gasteiger partial charge is 0.301 e. The Kier molecular flexibility index (Phi) is 7.58. The molecule has 3 aromatic carbocycles. The molecule has 1 unspecified atom stereocenters. The summed E-state index contributed by atoms with van der Waals surface area (Å²) < 4.78 is 19.6. The first-order valence-corrected chi connectivity index (χ1v) is 13.5. The molecular formula is C27H19FN4O6S2. The molecular weight excluding hydrogens is 559 g/mol. The Hall–Kier alpha value is -4.62. The van der Waals surface area contributed by atoms with Gasteiger partial charge < -0.3 is 9.84 Å². The summed E-state index contributed by atoms with van der Waals surface area (Å²) in [5, 5.41) is 30.7. The minimum absolute atomic E-state index is 0.0790. The molecule has 1 fully saturated rings. The second-order valence-electron chi connectivity index (χ2n) is 8.48. The molecule has 13 heteroatoms. The number of benzene rings is 3. The summed E-state index contributed by atoms with van der Waals surface area (Å²) in [4.78, 5) is 38.4. The Balaban J connectivity index is 1.55. The van der Waals surface area contributed by atoms with Crippen LogP contribution in [-0.4, -0.2) is 39.0 Å². The van der Waals surface area contributed by atoms with Crippen molar-refractivity contribution in [1.82, 2.24) is 10.2 Å². The van der Waals surface area contributed by atoms with Crippen molar-refractivity contribution < 1.29 is 28.7 Å². The van der Waals surface area contributed by atoms with Crippen molar-refractivity contribution >= 4 is 51.4 Å². The summed E-state index contributed by atoms with van der Waals surface area (Å²) in [6.45, 7) is 0. The number of Topliss-reactive ketones (excluding diaryl/α,β-unsaturated/α-hetero) is 1. The van der Waals surface area contributed by atoms with Crippen molar-refractivity contribution in [3.8, 4) is 5.75 Å². The minimum atomic E-state index is -1.14. The highest BCUT2D eigenvalue weighted by Gasteiger charge is 2.48. The third-order valence-corrected chi connectivity index (χ3v) is 8.24. The first-order chi connectivity index (χ1) is 19.3. The summed E-state index contributed by atoms with van der Waals surface area (Å²) in [7, 11) is 1.49. The van der Waals surface area contributed by atoms with Crippen molar-refractivity contribution in [3.05, 3.63) is 111 Å². The largest absolute Gasteiger partial charge is 0.507 e. The number of carbonyl (C=O) groups excluding carboxylic acids is 2. The van der Waals surface area contributed by atoms with E-state index in [0.29, 0.717) is 21.2 Å². The highest BCUT2D eigenvalue weighted by molar-refractivity contribution is 8.00. The summed E-state index contributed by atoms with van der Waals surface area (Å²) in [6.07, 6.45) is 0. The van der Waals surface area contributed by atoms with Gasteiger partial charge in [0.05, 0.1) is 23.6 Å². The molecule has 0 radical (unpaired) electrons. The molecule has 1 aromatic heterocycles. The van der Waals surface area contributed by atoms with E-state index >= 15 is 0 Å². The zero-order valence-corrected chi connectivity index (χ0v) is 22.3. The Labute approximate surface area is 234 Å². The molecule has 1 saturated heterocycles. The fraction of sp³-hybridized carbons (Fsp3) is 0.111. The van der Waals surface area contributed by atoms with Crippen LogP contribution in [0.5, 0.6) is 5.75 Å². The molecule has 0 bridgehead atoms. The monoisotopic (exact) mass is 578 g/mol. The van der Waals surface area contributed by atoms with Crippen LogP contribution in [0, 0.1) is 15.9 Å². The highest BCUT2D eigenvalue weighted by Crippen LogP contribution is 2.44. The highest BCUT2D eigenvalue weighted by atomic mass is 32.2. The number of non-ortho nitro benzene ring substituents is 1. The van der Waals surface area contributed by atoms with E-state index in [4.69, 9.17) is 4.74 Å². The normalized spacial score (nSPS) is 16.4. The van der Waals surface area contributed by atoms with E-state index in [0.717, 1.165) is 16.2 Å². The second kappa shape index (κ2) is 11.2. The molecule has 5 rings (SSSR count). The van der Waals surface area contributed by atoms with Gasteiger partial charge in [-0.2, -0.15) is 0 Å². The van der Waals surface area contributed by atoms with Crippen LogP contribution < -0.4 is 9.64 Å². The van der Waals surface area contributed by atoms with Crippen LogP contribution in [0.3, 0.4) is 0 Å². The van der Waals surface area contributed by atoms with E-state index in [9.17, 15) is 29.2 Å². The van der Waals surface area contributed by atoms with Gasteiger partial charge in [-0.15, -0.1) is 10.2 Å². The van der Waals surface area contributed by atoms with Gasteiger partial charge in [-0.1, -0.05) is 41.3 Å². The van der Waals surface area contributed by atoms with Gasteiger partial charge >= 0.3 is 5.91 Å². The molecule has 40 heavy (non-hydrogen) atoms. The van der Waals surface area contributed by atoms with Crippen LogP contribution in [-0.2, 0) is 15.3 Å². The van der Waals surface area contributed by atoms with Crippen molar-refractivity contribution in [1.29, 1.82) is 0 Å². The zero-order valence-electron chi connectivity index (χ0n) is 20.7. The molecule has 0 spiro atoms. The number of hydrogen-bond donors (Lipinski definition) is 1. The van der Waals surface area contributed by atoms with Crippen LogP contribution in [0.1, 0.15) is 22.7 Å². The minimum Gasteiger partial charge on any atom is -0.507 e. The number of nitro benzene ring substituents is 1. The Morgan fingerprint density at radius 2 is 1.80 bits per heavy atom. The number of ketones is 1. The van der Waals surface area contributed by atoms with Crippen LogP contribution in [0.15, 0.2) is 82.7 Å². The first kappa shape index (κ1) is 27.0. The van der Waals surface area contributed by atoms with Gasteiger partial charge in [0.25, 0.3) is 11.5 Å². The number of aromatic nitrogens is 2. The van der Waals surface area contributed by atoms with Gasteiger partial charge in [0.1, 0.15) is 17.3 Å². The summed E-state index contributed by atoms with van der Waals surface area (Å²) in [5.41, 5.74) is 0.688. The summed E-state index contributed by atoms with van der Waals surface area (Å²) in [5.74, 6) is -1.89. The second-order valence-corrected chi connectivity index (χ2v) is 10.7. The molecule has 4 aromatic rings. The average Bonchev–Trinajstić information content (AvgIpc) is 3.54. The maximum absolute atomic E-state index is 14.0. The molecule has 1 atom stereocenters. The van der Waals surface area contributed by atoms with Crippen LogP contribution in [0.25, 0.3) is 5.76 Å². The number of ether oxygens (including phenoxy) is 1. The van der Waals surface area contributed by atoms with Gasteiger partial charge in [0.2, 0.25) is 5.13 Å². The summed E-state index contributed by atoms with van der Waals surface area (Å²) >= 11 is 2.24. The van der Waals surface area contributed by atoms with E-state index in [1.807, 2.05) is 0 Å². The average molecular weight is 579 g/mol. The van der Waals surface area contributed by atoms with E-state index in [-0.39, 0.29) is 33.5 Å². The topological polar surface area (TPSA) is 136 Å². The summed E-state index contributed by atoms with van der Waals surface area (Å²) in [6, 6.07) is 16.8. The Morgan fingerprint density at radius 1 is 1.10 bits per heavy atom. The number of aliphatic hydroxyl groups is 1. The lowest BCUT2D eigenvalue weighted by molar-refractivity contribution is -0.384. The molecule has 202 valence electrons. The fourth-order valence-electron chi connectivity index (χ4n) is 4.14. The third-order valence-electron chi connectivity index (χ3n) is 6.14. The number of halogens is 1. The molecule has 1 amide bonds. The molecule has 0 aliphatic carbocycles. The number of rotatable bonds is 8. The third kappa shape index (κ3) is 5.16. The van der Waals surface area contributed by atoms with E-state index in [1.165, 1.54) is 61.3 Å². The standard InChI is InChI=1S/C27H19FN4O6S2/c1-38-19-12-8-16(9-13-19)23(33)21-22(15-6-10-18(11-7-15)32(36)37)31(25(35)24(21)34)26-29-30-27(40-26)39-14-17-4-2-3-5-20(17)28/h2-13,22,33H,14H2,1H3/b23-21-. The van der Waals surface area contributed by atoms with Crippen molar-refractivity contribution in [3.63, 3.8) is 0 Å². The van der Waals surface area contributed by atoms with Crippen LogP contribution in [0.2, 0.25) is 0 Å². The van der Waals surface area contributed by atoms with Gasteiger partial charge in [0, 0.05) is 23.4 Å². The number of aliphatic hydroxyl groups excluding tert-OH is 1. The van der Waals surface area contributed by atoms with Gasteiger partial charge in [-0.05, 0) is 53.6 Å². The molecule has 10 nitrogen and oxygen atoms in total. The van der Waals surface area contributed by atoms with E-state index < -0.39 is 28.4 Å². The van der Waals surface area contributed by atoms with Crippen molar-refractivity contribution in [2.24, 2.45) is 0 Å². The lowest BCUT2D eigenvalue weighted by atomic mass is 9.95. The molecule has 1 aliphatic rings. The fourth-order valence-corrected chi connectivity index (χ4v) is 5.99. The van der Waals surface area contributed by atoms with Crippen molar-refractivity contribution in [2.45, 2.75) is 16.1 Å². The van der Waals surface area contributed by atoms with Gasteiger partial charge in [-0.25, -0.2) is 4.39 Å². The number of nitro groups is 1. The van der Waals surface area contributed by atoms with Crippen molar-refractivity contribution in [2.75, 3.05) is 12.0 Å². The number of amides is 1.